The number of carbonyl (C=O) groups excluding carboxylic acids is 1. The van der Waals surface area contributed by atoms with Gasteiger partial charge in [0.2, 0.25) is 5.95 Å². The van der Waals surface area contributed by atoms with E-state index in [-0.39, 0.29) is 11.5 Å². The highest BCUT2D eigenvalue weighted by atomic mass is 19.1. The van der Waals surface area contributed by atoms with Crippen LogP contribution in [0, 0.1) is 5.82 Å². The summed E-state index contributed by atoms with van der Waals surface area (Å²) in [5, 5.41) is 2.78. The molecule has 0 aliphatic carbocycles. The van der Waals surface area contributed by atoms with Gasteiger partial charge in [0.05, 0.1) is 5.56 Å². The van der Waals surface area contributed by atoms with Gasteiger partial charge >= 0.3 is 0 Å². The van der Waals surface area contributed by atoms with Crippen molar-refractivity contribution >= 4 is 11.9 Å². The van der Waals surface area contributed by atoms with E-state index in [0.717, 1.165) is 45.1 Å². The summed E-state index contributed by atoms with van der Waals surface area (Å²) in [6.07, 6.45) is 4.35. The molecule has 2 aromatic rings. The Morgan fingerprint density at radius 2 is 1.80 bits per heavy atom. The number of anilines is 1. The molecule has 0 unspecified atom stereocenters. The van der Waals surface area contributed by atoms with E-state index >= 15 is 0 Å². The third kappa shape index (κ3) is 4.73. The first-order chi connectivity index (χ1) is 12.2. The number of piperazine rings is 1. The van der Waals surface area contributed by atoms with Gasteiger partial charge in [-0.2, -0.15) is 0 Å². The maximum Gasteiger partial charge on any atom is 0.254 e. The molecule has 1 N–H and O–H groups in total. The topological polar surface area (TPSA) is 61.4 Å². The molecular weight excluding hydrogens is 321 g/mol. The Hall–Kier alpha value is -2.54. The van der Waals surface area contributed by atoms with Crippen molar-refractivity contribution in [2.75, 3.05) is 44.2 Å². The van der Waals surface area contributed by atoms with Gasteiger partial charge in [-0.25, -0.2) is 14.4 Å². The minimum Gasteiger partial charge on any atom is -0.352 e. The third-order valence-corrected chi connectivity index (χ3v) is 4.26. The van der Waals surface area contributed by atoms with Crippen molar-refractivity contribution in [3.05, 3.63) is 54.1 Å². The zero-order chi connectivity index (χ0) is 17.5. The lowest BCUT2D eigenvalue weighted by molar-refractivity contribution is 0.0947. The smallest absolute Gasteiger partial charge is 0.254 e. The average Bonchev–Trinajstić information content (AvgIpc) is 2.66. The molecule has 2 heterocycles. The van der Waals surface area contributed by atoms with Crippen molar-refractivity contribution in [2.24, 2.45) is 0 Å². The van der Waals surface area contributed by atoms with Crippen LogP contribution in [0.5, 0.6) is 0 Å². The van der Waals surface area contributed by atoms with Crippen LogP contribution < -0.4 is 10.2 Å². The number of benzene rings is 1. The van der Waals surface area contributed by atoms with Gasteiger partial charge in [0.15, 0.2) is 0 Å². The summed E-state index contributed by atoms with van der Waals surface area (Å²) in [5.41, 5.74) is 0.0963. The van der Waals surface area contributed by atoms with Crippen LogP contribution in [0.15, 0.2) is 42.7 Å². The number of aromatic nitrogens is 2. The minimum absolute atomic E-state index is 0.0963. The van der Waals surface area contributed by atoms with E-state index in [0.29, 0.717) is 6.54 Å². The zero-order valence-corrected chi connectivity index (χ0v) is 14.1. The fourth-order valence-electron chi connectivity index (χ4n) is 2.87. The molecule has 132 valence electrons. The first-order valence-corrected chi connectivity index (χ1v) is 8.51. The number of hydrogen-bond acceptors (Lipinski definition) is 5. The molecule has 3 rings (SSSR count). The summed E-state index contributed by atoms with van der Waals surface area (Å²) >= 11 is 0. The monoisotopic (exact) mass is 343 g/mol. The summed E-state index contributed by atoms with van der Waals surface area (Å²) in [4.78, 5) is 25.0. The molecule has 0 atom stereocenters. The molecule has 6 nitrogen and oxygen atoms in total. The van der Waals surface area contributed by atoms with Crippen LogP contribution in [0.2, 0.25) is 0 Å². The van der Waals surface area contributed by atoms with E-state index in [4.69, 9.17) is 0 Å². The van der Waals surface area contributed by atoms with Crippen LogP contribution in [-0.4, -0.2) is 60.0 Å². The van der Waals surface area contributed by atoms with E-state index in [1.54, 1.807) is 24.5 Å². The first kappa shape index (κ1) is 17.3. The molecule has 1 aliphatic rings. The number of hydrogen-bond donors (Lipinski definition) is 1. The minimum atomic E-state index is -0.487. The van der Waals surface area contributed by atoms with Crippen LogP contribution in [0.3, 0.4) is 0 Å². The molecule has 1 fully saturated rings. The van der Waals surface area contributed by atoms with E-state index in [1.165, 1.54) is 12.1 Å². The number of nitrogens with one attached hydrogen (secondary N) is 1. The van der Waals surface area contributed by atoms with Gasteiger partial charge in [-0.05, 0) is 31.2 Å². The molecule has 1 saturated heterocycles. The Labute approximate surface area is 146 Å². The van der Waals surface area contributed by atoms with Crippen molar-refractivity contribution in [3.63, 3.8) is 0 Å². The lowest BCUT2D eigenvalue weighted by Gasteiger charge is -2.34. The van der Waals surface area contributed by atoms with Gasteiger partial charge in [-0.15, -0.1) is 0 Å². The van der Waals surface area contributed by atoms with Crippen molar-refractivity contribution in [1.82, 2.24) is 20.2 Å². The Bertz CT molecular complexity index is 689. The third-order valence-electron chi connectivity index (χ3n) is 4.26. The second kappa shape index (κ2) is 8.53. The molecule has 1 amide bonds. The van der Waals surface area contributed by atoms with E-state index in [2.05, 4.69) is 25.1 Å². The largest absolute Gasteiger partial charge is 0.352 e. The number of amides is 1. The SMILES string of the molecule is O=C(NCCCN1CCN(c2ncccn2)CC1)c1ccccc1F. The first-order valence-electron chi connectivity index (χ1n) is 8.51. The molecule has 0 bridgehead atoms. The zero-order valence-electron chi connectivity index (χ0n) is 14.1. The van der Waals surface area contributed by atoms with Gasteiger partial charge in [0.25, 0.3) is 5.91 Å². The van der Waals surface area contributed by atoms with Crippen molar-refractivity contribution in [3.8, 4) is 0 Å². The predicted octanol–water partition coefficient (Wildman–Crippen LogP) is 1.56. The lowest BCUT2D eigenvalue weighted by Crippen LogP contribution is -2.47. The van der Waals surface area contributed by atoms with Crippen LogP contribution in [-0.2, 0) is 0 Å². The summed E-state index contributed by atoms with van der Waals surface area (Å²) in [5.74, 6) is -0.0669. The fourth-order valence-corrected chi connectivity index (χ4v) is 2.87. The standard InChI is InChI=1S/C18H22FN5O/c19-16-6-2-1-5-15(16)17(25)20-9-4-10-23-11-13-24(14-12-23)18-21-7-3-8-22-18/h1-3,5-8H,4,9-14H2,(H,20,25). The molecule has 7 heteroatoms. The summed E-state index contributed by atoms with van der Waals surface area (Å²) in [6.45, 7) is 5.12. The number of carbonyl (C=O) groups is 1. The Morgan fingerprint density at radius 1 is 1.08 bits per heavy atom. The molecule has 25 heavy (non-hydrogen) atoms. The second-order valence-corrected chi connectivity index (χ2v) is 5.97. The van der Waals surface area contributed by atoms with Crippen molar-refractivity contribution < 1.29 is 9.18 Å². The Balaban J connectivity index is 1.35. The van der Waals surface area contributed by atoms with Crippen LogP contribution >= 0.6 is 0 Å². The summed E-state index contributed by atoms with van der Waals surface area (Å²) < 4.78 is 13.5. The Kier molecular flexibility index (Phi) is 5.90. The van der Waals surface area contributed by atoms with E-state index < -0.39 is 5.82 Å². The summed E-state index contributed by atoms with van der Waals surface area (Å²) in [6, 6.07) is 7.84. The van der Waals surface area contributed by atoms with Crippen LogP contribution in [0.1, 0.15) is 16.8 Å². The lowest BCUT2D eigenvalue weighted by atomic mass is 10.2. The fraction of sp³-hybridized carbons (Fsp3) is 0.389. The van der Waals surface area contributed by atoms with Crippen molar-refractivity contribution in [2.45, 2.75) is 6.42 Å². The predicted molar refractivity (Wildman–Crippen MR) is 94.0 cm³/mol. The quantitative estimate of drug-likeness (QED) is 0.807. The number of nitrogens with zero attached hydrogens (tertiary/aromatic N) is 4. The van der Waals surface area contributed by atoms with Gasteiger partial charge in [-0.3, -0.25) is 9.69 Å². The van der Waals surface area contributed by atoms with Gasteiger partial charge in [0.1, 0.15) is 5.82 Å². The highest BCUT2D eigenvalue weighted by Gasteiger charge is 2.18. The highest BCUT2D eigenvalue weighted by molar-refractivity contribution is 5.94. The average molecular weight is 343 g/mol. The Morgan fingerprint density at radius 3 is 2.52 bits per heavy atom. The van der Waals surface area contributed by atoms with E-state index in [1.807, 2.05) is 6.07 Å². The van der Waals surface area contributed by atoms with Gasteiger partial charge in [-0.1, -0.05) is 12.1 Å². The number of halogens is 1. The number of rotatable bonds is 6. The van der Waals surface area contributed by atoms with Crippen LogP contribution in [0.25, 0.3) is 0 Å². The van der Waals surface area contributed by atoms with Crippen LogP contribution in [0.4, 0.5) is 10.3 Å². The maximum absolute atomic E-state index is 13.5. The van der Waals surface area contributed by atoms with E-state index in [9.17, 15) is 9.18 Å². The normalized spacial score (nSPS) is 15.2. The highest BCUT2D eigenvalue weighted by Crippen LogP contribution is 2.10. The molecule has 0 spiro atoms. The van der Waals surface area contributed by atoms with Gasteiger partial charge < -0.3 is 10.2 Å². The molecule has 0 radical (unpaired) electrons. The molecule has 1 aliphatic heterocycles. The second-order valence-electron chi connectivity index (χ2n) is 5.97. The molecule has 0 saturated carbocycles. The summed E-state index contributed by atoms with van der Waals surface area (Å²) in [7, 11) is 0. The van der Waals surface area contributed by atoms with Gasteiger partial charge in [0, 0.05) is 45.1 Å². The van der Waals surface area contributed by atoms with Crippen molar-refractivity contribution in [1.29, 1.82) is 0 Å². The maximum atomic E-state index is 13.5. The molecular formula is C18H22FN5O. The molecule has 1 aromatic heterocycles. The molecule has 1 aromatic carbocycles.